The van der Waals surface area contributed by atoms with Crippen LogP contribution in [0.4, 0.5) is 0 Å². The predicted molar refractivity (Wildman–Crippen MR) is 90.8 cm³/mol. The minimum Gasteiger partial charge on any atom is -0.306 e. The second-order valence-corrected chi connectivity index (χ2v) is 5.92. The summed E-state index contributed by atoms with van der Waals surface area (Å²) in [6, 6.07) is 17.9. The summed E-state index contributed by atoms with van der Waals surface area (Å²) in [6.07, 6.45) is 2.78. The number of benzene rings is 2. The highest BCUT2D eigenvalue weighted by Gasteiger charge is 2.15. The lowest BCUT2D eigenvalue weighted by atomic mass is 10.0. The summed E-state index contributed by atoms with van der Waals surface area (Å²) in [5.41, 5.74) is 1.22. The first kappa shape index (κ1) is 14.1. The summed E-state index contributed by atoms with van der Waals surface area (Å²) in [4.78, 5) is 12.8. The van der Waals surface area contributed by atoms with E-state index in [-0.39, 0.29) is 11.6 Å². The van der Waals surface area contributed by atoms with Gasteiger partial charge in [-0.05, 0) is 34.0 Å². The van der Waals surface area contributed by atoms with Gasteiger partial charge < -0.3 is 4.57 Å². The largest absolute Gasteiger partial charge is 0.306 e. The first-order chi connectivity index (χ1) is 10.2. The molecule has 2 aromatic carbocycles. The lowest BCUT2D eigenvalue weighted by Gasteiger charge is -2.20. The zero-order valence-electron chi connectivity index (χ0n) is 11.8. The second-order valence-electron chi connectivity index (χ2n) is 5.07. The number of rotatable bonds is 3. The summed E-state index contributed by atoms with van der Waals surface area (Å²) < 4.78 is 2.79. The maximum absolute atomic E-state index is 12.8. The summed E-state index contributed by atoms with van der Waals surface area (Å²) >= 11 is 3.59. The molecule has 0 saturated heterocycles. The van der Waals surface area contributed by atoms with Gasteiger partial charge in [-0.15, -0.1) is 0 Å². The molecule has 2 nitrogen and oxygen atoms in total. The maximum Gasteiger partial charge on any atom is 0.259 e. The minimum absolute atomic E-state index is 0.0552. The van der Waals surface area contributed by atoms with Crippen LogP contribution in [-0.2, 0) is 0 Å². The number of aromatic nitrogens is 1. The van der Waals surface area contributed by atoms with Crippen molar-refractivity contribution in [2.24, 2.45) is 0 Å². The molecule has 0 saturated carbocycles. The number of hydrogen-bond acceptors (Lipinski definition) is 1. The average molecular weight is 342 g/mol. The predicted octanol–water partition coefficient (Wildman–Crippen LogP) is 4.76. The third kappa shape index (κ3) is 2.54. The van der Waals surface area contributed by atoms with Crippen molar-refractivity contribution in [1.29, 1.82) is 0 Å². The Hall–Kier alpha value is -1.87. The Morgan fingerprint density at radius 3 is 2.29 bits per heavy atom. The Bertz CT molecular complexity index is 823. The van der Waals surface area contributed by atoms with Gasteiger partial charge in [0, 0.05) is 21.4 Å². The van der Waals surface area contributed by atoms with E-state index in [0.29, 0.717) is 0 Å². The van der Waals surface area contributed by atoms with Crippen LogP contribution in [0, 0.1) is 0 Å². The maximum atomic E-state index is 12.8. The lowest BCUT2D eigenvalue weighted by molar-refractivity contribution is 0.551. The summed E-state index contributed by atoms with van der Waals surface area (Å²) in [7, 11) is 0. The molecule has 0 aliphatic carbocycles. The molecule has 0 fully saturated rings. The van der Waals surface area contributed by atoms with Gasteiger partial charge in [-0.3, -0.25) is 4.79 Å². The fourth-order valence-electron chi connectivity index (χ4n) is 2.77. The number of fused-ring (bicyclic) bond motifs is 1. The van der Waals surface area contributed by atoms with Crippen LogP contribution in [0.15, 0.2) is 70.1 Å². The molecular weight excluding hydrogens is 326 g/mol. The van der Waals surface area contributed by atoms with Crippen molar-refractivity contribution in [3.63, 3.8) is 0 Å². The topological polar surface area (TPSA) is 22.0 Å². The second kappa shape index (κ2) is 5.86. The van der Waals surface area contributed by atoms with Gasteiger partial charge in [-0.2, -0.15) is 0 Å². The number of pyridine rings is 1. The van der Waals surface area contributed by atoms with Crippen molar-refractivity contribution < 1.29 is 0 Å². The standard InChI is InChI=1S/C18H16BrNO/c1-2-17(13-8-4-3-5-9-13)20-12-16(19)14-10-6-7-11-15(14)18(20)21/h3-12,17H,2H2,1H3. The van der Waals surface area contributed by atoms with Gasteiger partial charge in [-0.25, -0.2) is 0 Å². The van der Waals surface area contributed by atoms with Crippen molar-refractivity contribution >= 4 is 26.7 Å². The lowest BCUT2D eigenvalue weighted by Crippen LogP contribution is -2.25. The smallest absolute Gasteiger partial charge is 0.259 e. The van der Waals surface area contributed by atoms with E-state index in [0.717, 1.165) is 27.2 Å². The van der Waals surface area contributed by atoms with Crippen molar-refractivity contribution in [3.8, 4) is 0 Å². The molecule has 3 heteroatoms. The summed E-state index contributed by atoms with van der Waals surface area (Å²) in [6.45, 7) is 2.10. The first-order valence-corrected chi connectivity index (χ1v) is 7.86. The number of hydrogen-bond donors (Lipinski definition) is 0. The minimum atomic E-state index is 0.0552. The molecule has 1 atom stereocenters. The van der Waals surface area contributed by atoms with Crippen LogP contribution in [0.25, 0.3) is 10.8 Å². The molecule has 0 radical (unpaired) electrons. The molecule has 0 N–H and O–H groups in total. The summed E-state index contributed by atoms with van der Waals surface area (Å²) in [5, 5.41) is 1.71. The zero-order valence-corrected chi connectivity index (χ0v) is 13.4. The SMILES string of the molecule is CCC(c1ccccc1)n1cc(Br)c2ccccc2c1=O. The highest BCUT2D eigenvalue weighted by molar-refractivity contribution is 9.10. The Morgan fingerprint density at radius 1 is 1.00 bits per heavy atom. The Balaban J connectivity index is 2.25. The first-order valence-electron chi connectivity index (χ1n) is 7.06. The average Bonchev–Trinajstić information content (AvgIpc) is 2.54. The monoisotopic (exact) mass is 341 g/mol. The van der Waals surface area contributed by atoms with Gasteiger partial charge in [0.1, 0.15) is 0 Å². The molecule has 0 amide bonds. The van der Waals surface area contributed by atoms with Gasteiger partial charge >= 0.3 is 0 Å². The van der Waals surface area contributed by atoms with E-state index < -0.39 is 0 Å². The van der Waals surface area contributed by atoms with E-state index in [1.54, 1.807) is 0 Å². The van der Waals surface area contributed by atoms with Gasteiger partial charge in [0.2, 0.25) is 0 Å². The van der Waals surface area contributed by atoms with Crippen LogP contribution in [0.1, 0.15) is 24.9 Å². The van der Waals surface area contributed by atoms with Gasteiger partial charge in [0.05, 0.1) is 6.04 Å². The van der Waals surface area contributed by atoms with Crippen LogP contribution >= 0.6 is 15.9 Å². The van der Waals surface area contributed by atoms with E-state index in [9.17, 15) is 4.79 Å². The van der Waals surface area contributed by atoms with Crippen LogP contribution in [0.2, 0.25) is 0 Å². The molecule has 1 heterocycles. The number of halogens is 1. The molecule has 1 unspecified atom stereocenters. The van der Waals surface area contributed by atoms with Crippen LogP contribution in [-0.4, -0.2) is 4.57 Å². The molecule has 0 spiro atoms. The van der Waals surface area contributed by atoms with Crippen molar-refractivity contribution in [1.82, 2.24) is 4.57 Å². The van der Waals surface area contributed by atoms with Gasteiger partial charge in [0.25, 0.3) is 5.56 Å². The van der Waals surface area contributed by atoms with E-state index in [2.05, 4.69) is 35.0 Å². The molecule has 0 aliphatic rings. The van der Waals surface area contributed by atoms with Crippen molar-refractivity contribution in [2.75, 3.05) is 0 Å². The molecule has 0 bridgehead atoms. The van der Waals surface area contributed by atoms with E-state index in [1.807, 2.05) is 53.2 Å². The molecule has 21 heavy (non-hydrogen) atoms. The molecule has 0 aliphatic heterocycles. The van der Waals surface area contributed by atoms with Crippen molar-refractivity contribution in [2.45, 2.75) is 19.4 Å². The van der Waals surface area contributed by atoms with Crippen LogP contribution in [0.5, 0.6) is 0 Å². The van der Waals surface area contributed by atoms with Crippen molar-refractivity contribution in [3.05, 3.63) is 81.2 Å². The zero-order chi connectivity index (χ0) is 14.8. The van der Waals surface area contributed by atoms with E-state index >= 15 is 0 Å². The molecule has 3 aromatic rings. The van der Waals surface area contributed by atoms with Gasteiger partial charge in [-0.1, -0.05) is 55.5 Å². The molecular formula is C18H16BrNO. The highest BCUT2D eigenvalue weighted by atomic mass is 79.9. The Morgan fingerprint density at radius 2 is 1.62 bits per heavy atom. The van der Waals surface area contributed by atoms with Crippen LogP contribution in [0.3, 0.4) is 0 Å². The highest BCUT2D eigenvalue weighted by Crippen LogP contribution is 2.26. The molecule has 1 aromatic heterocycles. The molecule has 106 valence electrons. The molecule has 3 rings (SSSR count). The normalized spacial score (nSPS) is 12.5. The Kier molecular flexibility index (Phi) is 3.93. The quantitative estimate of drug-likeness (QED) is 0.672. The van der Waals surface area contributed by atoms with Crippen LogP contribution < -0.4 is 5.56 Å². The third-order valence-corrected chi connectivity index (χ3v) is 4.44. The van der Waals surface area contributed by atoms with Gasteiger partial charge in [0.15, 0.2) is 0 Å². The fraction of sp³-hybridized carbons (Fsp3) is 0.167. The fourth-order valence-corrected chi connectivity index (χ4v) is 3.33. The third-order valence-electron chi connectivity index (χ3n) is 3.81. The Labute approximate surface area is 132 Å². The summed E-state index contributed by atoms with van der Waals surface area (Å²) in [5.74, 6) is 0. The number of nitrogens with zero attached hydrogens (tertiary/aromatic N) is 1. The van der Waals surface area contributed by atoms with E-state index in [1.165, 1.54) is 0 Å². The van der Waals surface area contributed by atoms with E-state index in [4.69, 9.17) is 0 Å².